The van der Waals surface area contributed by atoms with E-state index in [-0.39, 0.29) is 18.7 Å². The molecule has 0 amide bonds. The number of hydrogen-bond donors (Lipinski definition) is 0. The van der Waals surface area contributed by atoms with Gasteiger partial charge >= 0.3 is 5.97 Å². The second-order valence-electron chi connectivity index (χ2n) is 2.79. The molecule has 4 heteroatoms. The highest BCUT2D eigenvalue weighted by atomic mass is 16.7. The Kier molecular flexibility index (Phi) is 3.86. The molecule has 14 heavy (non-hydrogen) atoms. The third-order valence-electron chi connectivity index (χ3n) is 1.59. The van der Waals surface area contributed by atoms with Crippen LogP contribution < -0.4 is 0 Å². The molecule has 0 aromatic rings. The molecule has 0 radical (unpaired) electrons. The van der Waals surface area contributed by atoms with Gasteiger partial charge in [-0.25, -0.2) is 0 Å². The normalized spacial score (nSPS) is 20.0. The Bertz CT molecular complexity index is 274. The standard InChI is InChI=1S/C10H12O4/c1-3-6-12-10-5-4-9(7-13-10)14-8(2)11/h1,5,9H,4,6-7H2,2H3/t9-/m1/s1. The van der Waals surface area contributed by atoms with Crippen molar-refractivity contribution in [3.8, 4) is 12.3 Å². The summed E-state index contributed by atoms with van der Waals surface area (Å²) in [4.78, 5) is 10.6. The van der Waals surface area contributed by atoms with Crippen LogP contribution in [0.3, 0.4) is 0 Å². The van der Waals surface area contributed by atoms with Gasteiger partial charge in [0.05, 0.1) is 0 Å². The first-order valence-electron chi connectivity index (χ1n) is 4.29. The number of terminal acetylenes is 1. The first-order valence-corrected chi connectivity index (χ1v) is 4.29. The third kappa shape index (κ3) is 3.40. The number of carbonyl (C=O) groups excluding carboxylic acids is 1. The SMILES string of the molecule is C#CCOC1=CC[C@@H](OC(C)=O)CO1. The van der Waals surface area contributed by atoms with Crippen molar-refractivity contribution in [2.45, 2.75) is 19.4 Å². The number of hydrogen-bond acceptors (Lipinski definition) is 4. The molecule has 0 aromatic heterocycles. The second kappa shape index (κ2) is 5.18. The largest absolute Gasteiger partial charge is 0.462 e. The summed E-state index contributed by atoms with van der Waals surface area (Å²) in [7, 11) is 0. The van der Waals surface area contributed by atoms with Gasteiger partial charge in [0.1, 0.15) is 12.7 Å². The Morgan fingerprint density at radius 3 is 3.14 bits per heavy atom. The molecule has 1 atom stereocenters. The second-order valence-corrected chi connectivity index (χ2v) is 2.79. The van der Waals surface area contributed by atoms with Crippen LogP contribution in [0, 0.1) is 12.3 Å². The van der Waals surface area contributed by atoms with Crippen molar-refractivity contribution < 1.29 is 19.0 Å². The van der Waals surface area contributed by atoms with Crippen LogP contribution in [0.15, 0.2) is 12.0 Å². The molecule has 76 valence electrons. The Morgan fingerprint density at radius 2 is 2.64 bits per heavy atom. The molecular formula is C10H12O4. The zero-order valence-corrected chi connectivity index (χ0v) is 7.99. The molecule has 0 N–H and O–H groups in total. The van der Waals surface area contributed by atoms with Gasteiger partial charge in [-0.05, 0) is 0 Å². The molecule has 1 heterocycles. The molecular weight excluding hydrogens is 184 g/mol. The van der Waals surface area contributed by atoms with Gasteiger partial charge in [-0.1, -0.05) is 5.92 Å². The summed E-state index contributed by atoms with van der Waals surface area (Å²) in [5, 5.41) is 0. The Labute approximate surface area is 82.8 Å². The smallest absolute Gasteiger partial charge is 0.303 e. The summed E-state index contributed by atoms with van der Waals surface area (Å²) < 4.78 is 15.1. The average Bonchev–Trinajstić information content (AvgIpc) is 2.16. The predicted octanol–water partition coefficient (Wildman–Crippen LogP) is 0.830. The number of rotatable bonds is 3. The first-order chi connectivity index (χ1) is 6.72. The van der Waals surface area contributed by atoms with E-state index in [0.29, 0.717) is 19.0 Å². The van der Waals surface area contributed by atoms with Gasteiger partial charge in [0.15, 0.2) is 6.61 Å². The van der Waals surface area contributed by atoms with Crippen molar-refractivity contribution in [1.29, 1.82) is 0 Å². The highest BCUT2D eigenvalue weighted by Crippen LogP contribution is 2.14. The maximum atomic E-state index is 10.6. The minimum absolute atomic E-state index is 0.185. The molecule has 1 rings (SSSR count). The lowest BCUT2D eigenvalue weighted by atomic mass is 10.2. The Morgan fingerprint density at radius 1 is 1.86 bits per heavy atom. The van der Waals surface area contributed by atoms with Gasteiger partial charge in [0, 0.05) is 19.4 Å². The molecule has 4 nitrogen and oxygen atoms in total. The van der Waals surface area contributed by atoms with Crippen LogP contribution >= 0.6 is 0 Å². The van der Waals surface area contributed by atoms with E-state index >= 15 is 0 Å². The molecule has 0 saturated heterocycles. The van der Waals surface area contributed by atoms with Gasteiger partial charge in [-0.15, -0.1) is 6.42 Å². The van der Waals surface area contributed by atoms with Crippen LogP contribution in [-0.2, 0) is 19.0 Å². The number of carbonyl (C=O) groups is 1. The topological polar surface area (TPSA) is 44.8 Å². The monoisotopic (exact) mass is 196 g/mol. The van der Waals surface area contributed by atoms with Crippen molar-refractivity contribution in [2.24, 2.45) is 0 Å². The molecule has 0 unspecified atom stereocenters. The van der Waals surface area contributed by atoms with Gasteiger partial charge in [-0.2, -0.15) is 0 Å². The minimum atomic E-state index is -0.306. The van der Waals surface area contributed by atoms with Gasteiger partial charge in [0.2, 0.25) is 0 Å². The molecule has 0 bridgehead atoms. The summed E-state index contributed by atoms with van der Waals surface area (Å²) >= 11 is 0. The minimum Gasteiger partial charge on any atom is -0.462 e. The lowest BCUT2D eigenvalue weighted by Gasteiger charge is -2.21. The molecule has 0 aromatic carbocycles. The highest BCUT2D eigenvalue weighted by molar-refractivity contribution is 5.66. The summed E-state index contributed by atoms with van der Waals surface area (Å²) in [5.74, 6) is 2.43. The van der Waals surface area contributed by atoms with Crippen molar-refractivity contribution in [3.05, 3.63) is 12.0 Å². The highest BCUT2D eigenvalue weighted by Gasteiger charge is 2.18. The maximum absolute atomic E-state index is 10.6. The fourth-order valence-electron chi connectivity index (χ4n) is 1.06. The molecule has 1 aliphatic rings. The summed E-state index contributed by atoms with van der Waals surface area (Å²) in [6.45, 7) is 1.87. The average molecular weight is 196 g/mol. The lowest BCUT2D eigenvalue weighted by Crippen LogP contribution is -2.25. The number of esters is 1. The molecule has 0 spiro atoms. The van der Waals surface area contributed by atoms with Crippen molar-refractivity contribution in [2.75, 3.05) is 13.2 Å². The first kappa shape index (κ1) is 10.5. The predicted molar refractivity (Wildman–Crippen MR) is 49.0 cm³/mol. The van der Waals surface area contributed by atoms with E-state index < -0.39 is 0 Å². The molecule has 0 saturated carbocycles. The fraction of sp³-hybridized carbons (Fsp3) is 0.500. The van der Waals surface area contributed by atoms with Crippen molar-refractivity contribution in [3.63, 3.8) is 0 Å². The van der Waals surface area contributed by atoms with Crippen LogP contribution in [0.5, 0.6) is 0 Å². The third-order valence-corrected chi connectivity index (χ3v) is 1.59. The van der Waals surface area contributed by atoms with Crippen molar-refractivity contribution in [1.82, 2.24) is 0 Å². The van der Waals surface area contributed by atoms with E-state index in [9.17, 15) is 4.79 Å². The summed E-state index contributed by atoms with van der Waals surface area (Å²) in [6, 6.07) is 0. The zero-order valence-electron chi connectivity index (χ0n) is 7.99. The lowest BCUT2D eigenvalue weighted by molar-refractivity contribution is -0.150. The molecule has 1 aliphatic heterocycles. The fourth-order valence-corrected chi connectivity index (χ4v) is 1.06. The zero-order chi connectivity index (χ0) is 10.4. The van der Waals surface area contributed by atoms with Crippen LogP contribution in [0.25, 0.3) is 0 Å². The van der Waals surface area contributed by atoms with Crippen LogP contribution in [-0.4, -0.2) is 25.3 Å². The van der Waals surface area contributed by atoms with Gasteiger partial charge < -0.3 is 14.2 Å². The van der Waals surface area contributed by atoms with Gasteiger partial charge in [-0.3, -0.25) is 4.79 Å². The maximum Gasteiger partial charge on any atom is 0.303 e. The van der Waals surface area contributed by atoms with E-state index in [4.69, 9.17) is 20.6 Å². The quantitative estimate of drug-likeness (QED) is 0.495. The number of ether oxygens (including phenoxy) is 3. The van der Waals surface area contributed by atoms with E-state index in [0.717, 1.165) is 0 Å². The van der Waals surface area contributed by atoms with Crippen LogP contribution in [0.1, 0.15) is 13.3 Å². The van der Waals surface area contributed by atoms with Gasteiger partial charge in [0.25, 0.3) is 5.95 Å². The Hall–Kier alpha value is -1.63. The van der Waals surface area contributed by atoms with Crippen LogP contribution in [0.2, 0.25) is 0 Å². The Balaban J connectivity index is 2.32. The van der Waals surface area contributed by atoms with Crippen molar-refractivity contribution >= 4 is 5.97 Å². The summed E-state index contributed by atoms with van der Waals surface area (Å²) in [5.41, 5.74) is 0. The molecule has 0 aliphatic carbocycles. The van der Waals surface area contributed by atoms with E-state index in [2.05, 4.69) is 5.92 Å². The van der Waals surface area contributed by atoms with Crippen LogP contribution in [0.4, 0.5) is 0 Å². The van der Waals surface area contributed by atoms with E-state index in [1.165, 1.54) is 6.92 Å². The van der Waals surface area contributed by atoms with E-state index in [1.807, 2.05) is 0 Å². The summed E-state index contributed by atoms with van der Waals surface area (Å²) in [6.07, 6.45) is 7.11. The molecule has 0 fully saturated rings. The van der Waals surface area contributed by atoms with E-state index in [1.54, 1.807) is 6.08 Å².